The van der Waals surface area contributed by atoms with Crippen molar-refractivity contribution in [1.82, 2.24) is 10.2 Å². The van der Waals surface area contributed by atoms with Gasteiger partial charge in [0.25, 0.3) is 0 Å². The van der Waals surface area contributed by atoms with Crippen molar-refractivity contribution in [3.8, 4) is 0 Å². The maximum absolute atomic E-state index is 13.0. The number of nitrogens with zero attached hydrogens (tertiary/aromatic N) is 1. The number of hydrogen-bond acceptors (Lipinski definition) is 3. The highest BCUT2D eigenvalue weighted by Crippen LogP contribution is 2.42. The van der Waals surface area contributed by atoms with Gasteiger partial charge in [0.1, 0.15) is 11.6 Å². The van der Waals surface area contributed by atoms with Crippen molar-refractivity contribution >= 4 is 23.2 Å². The zero-order valence-electron chi connectivity index (χ0n) is 12.8. The minimum absolute atomic E-state index is 0.000572. The second kappa shape index (κ2) is 5.13. The van der Waals surface area contributed by atoms with E-state index in [2.05, 4.69) is 23.0 Å². The van der Waals surface area contributed by atoms with Crippen molar-refractivity contribution in [3.63, 3.8) is 0 Å². The summed E-state index contributed by atoms with van der Waals surface area (Å²) in [7, 11) is 0. The zero-order chi connectivity index (χ0) is 15.2. The second-order valence-electron chi connectivity index (χ2n) is 6.40. The van der Waals surface area contributed by atoms with Gasteiger partial charge in [0.2, 0.25) is 11.8 Å². The number of hydrogen-bond donors (Lipinski definition) is 1. The van der Waals surface area contributed by atoms with Gasteiger partial charge in [0.15, 0.2) is 0 Å². The molecule has 114 valence electrons. The lowest BCUT2D eigenvalue weighted by Crippen LogP contribution is -2.69. The average Bonchev–Trinajstić information content (AvgIpc) is 3.22. The summed E-state index contributed by atoms with van der Waals surface area (Å²) in [5.41, 5.74) is 1.65. The molecule has 1 aliphatic carbocycles. The molecule has 2 aliphatic rings. The van der Waals surface area contributed by atoms with Crippen LogP contribution in [0.2, 0.25) is 0 Å². The van der Waals surface area contributed by atoms with Gasteiger partial charge in [-0.2, -0.15) is 11.3 Å². The lowest BCUT2D eigenvalue weighted by molar-refractivity contribution is -0.156. The number of piperazine rings is 1. The van der Waals surface area contributed by atoms with Gasteiger partial charge in [0.05, 0.1) is 0 Å². The van der Waals surface area contributed by atoms with Crippen LogP contribution in [0.3, 0.4) is 0 Å². The molecule has 1 aromatic heterocycles. The SMILES string of the molecule is CCC1C(=O)NC(C)(C2CC2)C(=O)N1Cc1cscc1C. The third-order valence-corrected chi connectivity index (χ3v) is 5.76. The highest BCUT2D eigenvalue weighted by atomic mass is 32.1. The Bertz CT molecular complexity index is 579. The van der Waals surface area contributed by atoms with E-state index in [0.29, 0.717) is 18.9 Å². The molecule has 21 heavy (non-hydrogen) atoms. The van der Waals surface area contributed by atoms with E-state index in [1.165, 1.54) is 5.56 Å². The summed E-state index contributed by atoms with van der Waals surface area (Å²) in [4.78, 5) is 27.2. The van der Waals surface area contributed by atoms with E-state index >= 15 is 0 Å². The normalized spacial score (nSPS) is 29.7. The molecule has 1 aliphatic heterocycles. The van der Waals surface area contributed by atoms with Crippen molar-refractivity contribution in [1.29, 1.82) is 0 Å². The van der Waals surface area contributed by atoms with Crippen molar-refractivity contribution in [2.45, 2.75) is 58.2 Å². The number of rotatable bonds is 4. The van der Waals surface area contributed by atoms with Crippen molar-refractivity contribution in [3.05, 3.63) is 21.9 Å². The Labute approximate surface area is 129 Å². The molecule has 3 rings (SSSR count). The van der Waals surface area contributed by atoms with Crippen molar-refractivity contribution in [2.24, 2.45) is 5.92 Å². The molecule has 2 heterocycles. The summed E-state index contributed by atoms with van der Waals surface area (Å²) in [5, 5.41) is 7.17. The molecule has 0 spiro atoms. The maximum atomic E-state index is 13.0. The average molecular weight is 306 g/mol. The Hall–Kier alpha value is -1.36. The zero-order valence-corrected chi connectivity index (χ0v) is 13.6. The molecule has 5 heteroatoms. The van der Waals surface area contributed by atoms with Crippen LogP contribution in [0.1, 0.15) is 44.2 Å². The Morgan fingerprint density at radius 1 is 1.38 bits per heavy atom. The van der Waals surface area contributed by atoms with Gasteiger partial charge in [-0.1, -0.05) is 6.92 Å². The Balaban J connectivity index is 1.91. The summed E-state index contributed by atoms with van der Waals surface area (Å²) >= 11 is 1.65. The minimum Gasteiger partial charge on any atom is -0.340 e. The summed E-state index contributed by atoms with van der Waals surface area (Å²) in [6, 6.07) is -0.344. The molecule has 2 fully saturated rings. The quantitative estimate of drug-likeness (QED) is 0.929. The predicted molar refractivity (Wildman–Crippen MR) is 83.0 cm³/mol. The molecule has 0 bridgehead atoms. The summed E-state index contributed by atoms with van der Waals surface area (Å²) < 4.78 is 0. The van der Waals surface area contributed by atoms with Gasteiger partial charge in [-0.15, -0.1) is 0 Å². The van der Waals surface area contributed by atoms with Gasteiger partial charge >= 0.3 is 0 Å². The predicted octanol–water partition coefficient (Wildman–Crippen LogP) is 2.46. The first-order valence-corrected chi connectivity index (χ1v) is 8.56. The highest BCUT2D eigenvalue weighted by Gasteiger charge is 2.54. The topological polar surface area (TPSA) is 49.4 Å². The fourth-order valence-corrected chi connectivity index (χ4v) is 4.08. The number of amides is 2. The molecule has 1 aromatic rings. The molecular formula is C16H22N2O2S. The summed E-state index contributed by atoms with van der Waals surface area (Å²) in [6.07, 6.45) is 2.72. The van der Waals surface area contributed by atoms with Crippen LogP contribution in [0.4, 0.5) is 0 Å². The molecule has 1 saturated heterocycles. The Kier molecular flexibility index (Phi) is 3.56. The van der Waals surface area contributed by atoms with E-state index in [4.69, 9.17) is 0 Å². The minimum atomic E-state index is -0.702. The van der Waals surface area contributed by atoms with Crippen LogP contribution in [-0.2, 0) is 16.1 Å². The van der Waals surface area contributed by atoms with Gasteiger partial charge in [0, 0.05) is 6.54 Å². The number of nitrogens with one attached hydrogen (secondary N) is 1. The van der Waals surface area contributed by atoms with Crippen LogP contribution < -0.4 is 5.32 Å². The molecule has 2 unspecified atom stereocenters. The van der Waals surface area contributed by atoms with Gasteiger partial charge < -0.3 is 10.2 Å². The third kappa shape index (κ3) is 2.37. The van der Waals surface area contributed by atoms with E-state index in [9.17, 15) is 9.59 Å². The molecule has 2 amide bonds. The fourth-order valence-electron chi connectivity index (χ4n) is 3.23. The highest BCUT2D eigenvalue weighted by molar-refractivity contribution is 7.08. The molecule has 2 atom stereocenters. The van der Waals surface area contributed by atoms with E-state index in [1.54, 1.807) is 16.2 Å². The third-order valence-electron chi connectivity index (χ3n) is 4.85. The van der Waals surface area contributed by atoms with E-state index < -0.39 is 5.54 Å². The van der Waals surface area contributed by atoms with Gasteiger partial charge in [-0.05, 0) is 60.9 Å². The fraction of sp³-hybridized carbons (Fsp3) is 0.625. The first-order chi connectivity index (χ1) is 9.97. The van der Waals surface area contributed by atoms with E-state index in [0.717, 1.165) is 18.4 Å². The lowest BCUT2D eigenvalue weighted by atomic mass is 9.88. The van der Waals surface area contributed by atoms with Gasteiger partial charge in [-0.3, -0.25) is 9.59 Å². The smallest absolute Gasteiger partial charge is 0.249 e. The van der Waals surface area contributed by atoms with Crippen LogP contribution in [0.5, 0.6) is 0 Å². The van der Waals surface area contributed by atoms with Crippen LogP contribution in [0, 0.1) is 12.8 Å². The van der Waals surface area contributed by atoms with Crippen LogP contribution in [0.25, 0.3) is 0 Å². The second-order valence-corrected chi connectivity index (χ2v) is 7.15. The van der Waals surface area contributed by atoms with Crippen LogP contribution >= 0.6 is 11.3 Å². The van der Waals surface area contributed by atoms with E-state index in [1.807, 2.05) is 13.8 Å². The van der Waals surface area contributed by atoms with Crippen LogP contribution in [-0.4, -0.2) is 28.3 Å². The molecule has 0 aromatic carbocycles. The van der Waals surface area contributed by atoms with Crippen molar-refractivity contribution < 1.29 is 9.59 Å². The Morgan fingerprint density at radius 3 is 2.62 bits per heavy atom. The van der Waals surface area contributed by atoms with Crippen molar-refractivity contribution in [2.75, 3.05) is 0 Å². The molecular weight excluding hydrogens is 284 g/mol. The molecule has 0 radical (unpaired) electrons. The standard InChI is InChI=1S/C16H22N2O2S/c1-4-13-14(19)17-16(3,12-5-6-12)15(20)18(13)7-11-9-21-8-10(11)2/h8-9,12-13H,4-7H2,1-3H3,(H,17,19). The van der Waals surface area contributed by atoms with Crippen LogP contribution in [0.15, 0.2) is 10.8 Å². The lowest BCUT2D eigenvalue weighted by Gasteiger charge is -2.44. The number of thiophene rings is 1. The van der Waals surface area contributed by atoms with Gasteiger partial charge in [-0.25, -0.2) is 0 Å². The monoisotopic (exact) mass is 306 g/mol. The first-order valence-electron chi connectivity index (χ1n) is 7.62. The van der Waals surface area contributed by atoms with E-state index in [-0.39, 0.29) is 17.9 Å². The first kappa shape index (κ1) is 14.6. The summed E-state index contributed by atoms with van der Waals surface area (Å²) in [5.74, 6) is 0.388. The largest absolute Gasteiger partial charge is 0.340 e. The molecule has 1 saturated carbocycles. The number of carbonyl (C=O) groups is 2. The summed E-state index contributed by atoms with van der Waals surface area (Å²) in [6.45, 7) is 6.46. The molecule has 1 N–H and O–H groups in total. The number of aryl methyl sites for hydroxylation is 1. The number of carbonyl (C=O) groups excluding carboxylic acids is 2. The molecule has 4 nitrogen and oxygen atoms in total. The maximum Gasteiger partial charge on any atom is 0.249 e. The Morgan fingerprint density at radius 2 is 2.10 bits per heavy atom.